The lowest BCUT2D eigenvalue weighted by Gasteiger charge is -2.31. The summed E-state index contributed by atoms with van der Waals surface area (Å²) in [5, 5.41) is 14.1. The van der Waals surface area contributed by atoms with Gasteiger partial charge in [0.05, 0.1) is 28.2 Å². The predicted octanol–water partition coefficient (Wildman–Crippen LogP) is 1.20. The fourth-order valence-electron chi connectivity index (χ4n) is 3.82. The number of amides is 3. The highest BCUT2D eigenvalue weighted by Crippen LogP contribution is 2.22. The minimum Gasteiger partial charge on any atom is -0.481 e. The average Bonchev–Trinajstić information content (AvgIpc) is 3.44. The number of benzene rings is 1. The van der Waals surface area contributed by atoms with Crippen molar-refractivity contribution in [2.75, 3.05) is 6.54 Å². The SMILES string of the molecule is CC(C)[C@H](NC(=O)c1ccc2ncsc2c1)C(=O)N1CCCC1C(=O)NC(C=O)CC(=O)O. The Labute approximate surface area is 194 Å². The lowest BCUT2D eigenvalue weighted by atomic mass is 10.0. The molecule has 11 heteroatoms. The zero-order valence-electron chi connectivity index (χ0n) is 18.3. The molecule has 3 atom stereocenters. The first-order valence-corrected chi connectivity index (χ1v) is 11.5. The summed E-state index contributed by atoms with van der Waals surface area (Å²) in [7, 11) is 0. The molecule has 0 saturated carbocycles. The standard InChI is InChI=1S/C22H26N4O6S/c1-12(2)19(25-20(30)13-5-6-15-17(8-13)33-11-23-15)22(32)26-7-3-4-16(26)21(31)24-14(10-27)9-18(28)29/h5-6,8,10-12,14,16,19H,3-4,7,9H2,1-2H3,(H,24,31)(H,25,30)(H,28,29)/t14?,16?,19-/m0/s1. The number of hydrogen-bond donors (Lipinski definition) is 3. The zero-order valence-corrected chi connectivity index (χ0v) is 19.1. The van der Waals surface area contributed by atoms with E-state index in [9.17, 15) is 24.0 Å². The van der Waals surface area contributed by atoms with E-state index in [0.29, 0.717) is 31.2 Å². The van der Waals surface area contributed by atoms with Crippen molar-refractivity contribution in [3.05, 3.63) is 29.3 Å². The molecule has 3 rings (SSSR count). The summed E-state index contributed by atoms with van der Waals surface area (Å²) in [6.07, 6.45) is 0.793. The quantitative estimate of drug-likeness (QED) is 0.463. The largest absolute Gasteiger partial charge is 0.481 e. The third kappa shape index (κ3) is 5.72. The number of aromatic nitrogens is 1. The average molecular weight is 475 g/mol. The summed E-state index contributed by atoms with van der Waals surface area (Å²) in [6.45, 7) is 3.93. The van der Waals surface area contributed by atoms with Crippen LogP contribution in [0.1, 0.15) is 43.5 Å². The fraction of sp³-hybridized carbons (Fsp3) is 0.455. The summed E-state index contributed by atoms with van der Waals surface area (Å²) < 4.78 is 0.859. The van der Waals surface area contributed by atoms with Gasteiger partial charge in [0.15, 0.2) is 0 Å². The second-order valence-electron chi connectivity index (χ2n) is 8.27. The molecular weight excluding hydrogens is 448 g/mol. The van der Waals surface area contributed by atoms with Crippen molar-refractivity contribution in [3.8, 4) is 0 Å². The van der Waals surface area contributed by atoms with Crippen molar-refractivity contribution < 1.29 is 29.1 Å². The summed E-state index contributed by atoms with van der Waals surface area (Å²) in [6, 6.07) is 2.25. The topological polar surface area (TPSA) is 146 Å². The molecule has 33 heavy (non-hydrogen) atoms. The van der Waals surface area contributed by atoms with Crippen LogP contribution in [0.4, 0.5) is 0 Å². The molecule has 1 aromatic heterocycles. The smallest absolute Gasteiger partial charge is 0.305 e. The van der Waals surface area contributed by atoms with Gasteiger partial charge >= 0.3 is 5.97 Å². The van der Waals surface area contributed by atoms with Gasteiger partial charge in [-0.3, -0.25) is 19.2 Å². The van der Waals surface area contributed by atoms with E-state index < -0.39 is 48.2 Å². The molecular formula is C22H26N4O6S. The van der Waals surface area contributed by atoms with E-state index in [4.69, 9.17) is 5.11 Å². The highest BCUT2D eigenvalue weighted by atomic mass is 32.1. The molecule has 1 aliphatic rings. The van der Waals surface area contributed by atoms with Crippen LogP contribution in [-0.4, -0.2) is 69.6 Å². The van der Waals surface area contributed by atoms with Crippen LogP contribution in [0.3, 0.4) is 0 Å². The highest BCUT2D eigenvalue weighted by Gasteiger charge is 2.39. The van der Waals surface area contributed by atoms with Crippen LogP contribution in [0, 0.1) is 5.92 Å². The van der Waals surface area contributed by atoms with Crippen LogP contribution >= 0.6 is 11.3 Å². The van der Waals surface area contributed by atoms with Crippen molar-refractivity contribution >= 4 is 51.5 Å². The number of rotatable bonds is 9. The third-order valence-electron chi connectivity index (χ3n) is 5.54. The maximum atomic E-state index is 13.3. The van der Waals surface area contributed by atoms with Crippen LogP contribution in [-0.2, 0) is 19.2 Å². The van der Waals surface area contributed by atoms with Gasteiger partial charge in [0.2, 0.25) is 11.8 Å². The van der Waals surface area contributed by atoms with Crippen molar-refractivity contribution in [2.24, 2.45) is 5.92 Å². The Morgan fingerprint density at radius 2 is 2.03 bits per heavy atom. The lowest BCUT2D eigenvalue weighted by molar-refractivity contribution is -0.142. The first-order valence-electron chi connectivity index (χ1n) is 10.6. The Morgan fingerprint density at radius 3 is 2.70 bits per heavy atom. The monoisotopic (exact) mass is 474 g/mol. The van der Waals surface area contributed by atoms with Crippen LogP contribution in [0.2, 0.25) is 0 Å². The van der Waals surface area contributed by atoms with Gasteiger partial charge in [0.1, 0.15) is 18.4 Å². The third-order valence-corrected chi connectivity index (χ3v) is 6.33. The number of aliphatic carboxylic acids is 1. The number of carboxylic acid groups (broad SMARTS) is 1. The number of hydrogen-bond acceptors (Lipinski definition) is 7. The van der Waals surface area contributed by atoms with Crippen molar-refractivity contribution in [1.29, 1.82) is 0 Å². The molecule has 1 saturated heterocycles. The van der Waals surface area contributed by atoms with E-state index in [1.54, 1.807) is 37.6 Å². The highest BCUT2D eigenvalue weighted by molar-refractivity contribution is 7.16. The number of fused-ring (bicyclic) bond motifs is 1. The van der Waals surface area contributed by atoms with Crippen LogP contribution < -0.4 is 10.6 Å². The summed E-state index contributed by atoms with van der Waals surface area (Å²) in [4.78, 5) is 66.5. The molecule has 10 nitrogen and oxygen atoms in total. The number of aldehydes is 1. The van der Waals surface area contributed by atoms with Crippen molar-refractivity contribution in [3.63, 3.8) is 0 Å². The summed E-state index contributed by atoms with van der Waals surface area (Å²) >= 11 is 1.41. The predicted molar refractivity (Wildman–Crippen MR) is 121 cm³/mol. The Kier molecular flexibility index (Phi) is 7.75. The second kappa shape index (κ2) is 10.5. The lowest BCUT2D eigenvalue weighted by Crippen LogP contribution is -2.56. The molecule has 3 N–H and O–H groups in total. The number of nitrogens with zero attached hydrogens (tertiary/aromatic N) is 2. The van der Waals surface area contributed by atoms with Gasteiger partial charge in [-0.05, 0) is 37.0 Å². The minimum atomic E-state index is -1.22. The Hall–Kier alpha value is -3.34. The number of nitrogens with one attached hydrogen (secondary N) is 2. The number of carboxylic acids is 1. The first kappa shape index (κ1) is 24.3. The molecule has 2 aromatic rings. The molecule has 2 heterocycles. The number of thiazole rings is 1. The van der Waals surface area contributed by atoms with Crippen molar-refractivity contribution in [2.45, 2.75) is 51.2 Å². The first-order chi connectivity index (χ1) is 15.7. The van der Waals surface area contributed by atoms with Crippen molar-refractivity contribution in [1.82, 2.24) is 20.5 Å². The minimum absolute atomic E-state index is 0.243. The fourth-order valence-corrected chi connectivity index (χ4v) is 4.53. The Balaban J connectivity index is 1.72. The van der Waals surface area contributed by atoms with Gasteiger partial charge in [0, 0.05) is 12.1 Å². The molecule has 0 bridgehead atoms. The van der Waals surface area contributed by atoms with E-state index in [2.05, 4.69) is 15.6 Å². The molecule has 176 valence electrons. The normalized spacial score (nSPS) is 17.5. The van der Waals surface area contributed by atoms with Crippen LogP contribution in [0.25, 0.3) is 10.2 Å². The number of carbonyl (C=O) groups is 5. The number of likely N-dealkylation sites (tertiary alicyclic amines) is 1. The maximum Gasteiger partial charge on any atom is 0.305 e. The van der Waals surface area contributed by atoms with Gasteiger partial charge in [-0.15, -0.1) is 11.3 Å². The second-order valence-corrected chi connectivity index (χ2v) is 9.16. The van der Waals surface area contributed by atoms with E-state index >= 15 is 0 Å². The zero-order chi connectivity index (χ0) is 24.1. The van der Waals surface area contributed by atoms with Crippen LogP contribution in [0.15, 0.2) is 23.7 Å². The summed E-state index contributed by atoms with van der Waals surface area (Å²) in [5.41, 5.74) is 2.88. The van der Waals surface area contributed by atoms with Gasteiger partial charge in [-0.25, -0.2) is 4.98 Å². The Bertz CT molecular complexity index is 1070. The molecule has 1 aliphatic heterocycles. The molecule has 0 aliphatic carbocycles. The van der Waals surface area contributed by atoms with E-state index in [1.165, 1.54) is 16.2 Å². The van der Waals surface area contributed by atoms with Crippen LogP contribution in [0.5, 0.6) is 0 Å². The molecule has 1 aromatic carbocycles. The molecule has 0 radical (unpaired) electrons. The molecule has 0 spiro atoms. The molecule has 1 fully saturated rings. The maximum absolute atomic E-state index is 13.3. The van der Waals surface area contributed by atoms with E-state index in [0.717, 1.165) is 10.2 Å². The Morgan fingerprint density at radius 1 is 1.27 bits per heavy atom. The number of carbonyl (C=O) groups excluding carboxylic acids is 4. The van der Waals surface area contributed by atoms with E-state index in [-0.39, 0.29) is 5.92 Å². The van der Waals surface area contributed by atoms with Gasteiger partial charge < -0.3 is 25.4 Å². The molecule has 2 unspecified atom stereocenters. The molecule has 3 amide bonds. The summed E-state index contributed by atoms with van der Waals surface area (Å²) in [5.74, 6) is -2.84. The van der Waals surface area contributed by atoms with Gasteiger partial charge in [-0.1, -0.05) is 13.8 Å². The van der Waals surface area contributed by atoms with E-state index in [1.807, 2.05) is 0 Å². The van der Waals surface area contributed by atoms with Gasteiger partial charge in [-0.2, -0.15) is 0 Å². The van der Waals surface area contributed by atoms with Gasteiger partial charge in [0.25, 0.3) is 5.91 Å².